The zero-order valence-electron chi connectivity index (χ0n) is 19.9. The van der Waals surface area contributed by atoms with Crippen molar-refractivity contribution in [3.05, 3.63) is 87.2 Å². The van der Waals surface area contributed by atoms with Crippen molar-refractivity contribution in [3.8, 4) is 22.9 Å². The predicted molar refractivity (Wildman–Crippen MR) is 136 cm³/mol. The van der Waals surface area contributed by atoms with Crippen molar-refractivity contribution in [2.75, 3.05) is 11.1 Å². The number of nitrogens with two attached hydrogens (primary N) is 1. The van der Waals surface area contributed by atoms with E-state index in [1.807, 2.05) is 75.4 Å². The van der Waals surface area contributed by atoms with Gasteiger partial charge < -0.3 is 19.9 Å². The Balaban J connectivity index is 1.64. The molecule has 5 rings (SSSR count). The fourth-order valence-electron chi connectivity index (χ4n) is 4.23. The van der Waals surface area contributed by atoms with E-state index in [0.717, 1.165) is 22.4 Å². The summed E-state index contributed by atoms with van der Waals surface area (Å²) in [6.45, 7) is 7.65. The number of anilines is 2. The van der Waals surface area contributed by atoms with E-state index < -0.39 is 0 Å². The summed E-state index contributed by atoms with van der Waals surface area (Å²) in [7, 11) is 0. The molecule has 0 bridgehead atoms. The number of nitrogen functional groups attached to an aromatic ring is 1. The molecule has 1 atom stereocenters. The van der Waals surface area contributed by atoms with Crippen molar-refractivity contribution in [2.45, 2.75) is 33.7 Å². The lowest BCUT2D eigenvalue weighted by Gasteiger charge is -2.20. The van der Waals surface area contributed by atoms with E-state index in [2.05, 4.69) is 20.5 Å². The van der Waals surface area contributed by atoms with Crippen molar-refractivity contribution in [3.63, 3.8) is 0 Å². The van der Waals surface area contributed by atoms with Crippen molar-refractivity contribution >= 4 is 22.7 Å². The number of pyridine rings is 1. The second-order valence-corrected chi connectivity index (χ2v) is 8.64. The number of aryl methyl sites for hydroxylation is 2. The summed E-state index contributed by atoms with van der Waals surface area (Å²) in [5, 5.41) is 11.8. The van der Waals surface area contributed by atoms with Gasteiger partial charge in [0.15, 0.2) is 11.1 Å². The molecule has 5 aromatic rings. The van der Waals surface area contributed by atoms with Crippen LogP contribution in [0.5, 0.6) is 0 Å². The van der Waals surface area contributed by atoms with E-state index in [9.17, 15) is 4.79 Å². The highest BCUT2D eigenvalue weighted by Gasteiger charge is 2.21. The Hall–Kier alpha value is -4.46. The van der Waals surface area contributed by atoms with Gasteiger partial charge in [-0.1, -0.05) is 41.5 Å². The average Bonchev–Trinajstić information content (AvgIpc) is 3.29. The minimum Gasteiger partial charge on any atom is -0.455 e. The van der Waals surface area contributed by atoms with E-state index in [-0.39, 0.29) is 23.4 Å². The lowest BCUT2D eigenvalue weighted by Crippen LogP contribution is -2.13. The highest BCUT2D eigenvalue weighted by atomic mass is 16.4. The van der Waals surface area contributed by atoms with Gasteiger partial charge in [0.05, 0.1) is 17.1 Å². The molecule has 8 heteroatoms. The zero-order valence-corrected chi connectivity index (χ0v) is 19.9. The highest BCUT2D eigenvalue weighted by molar-refractivity contribution is 5.85. The van der Waals surface area contributed by atoms with Crippen LogP contribution in [-0.2, 0) is 0 Å². The Kier molecular flexibility index (Phi) is 5.56. The molecule has 0 aliphatic carbocycles. The third-order valence-electron chi connectivity index (χ3n) is 5.94. The second-order valence-electron chi connectivity index (χ2n) is 8.64. The third kappa shape index (κ3) is 4.14. The molecule has 0 fully saturated rings. The Morgan fingerprint density at radius 3 is 2.46 bits per heavy atom. The molecule has 35 heavy (non-hydrogen) atoms. The molecule has 0 aliphatic heterocycles. The van der Waals surface area contributed by atoms with E-state index in [1.165, 1.54) is 0 Å². The maximum Gasteiger partial charge on any atom is 0.313 e. The van der Waals surface area contributed by atoms with Gasteiger partial charge in [-0.25, -0.2) is 4.98 Å². The van der Waals surface area contributed by atoms with Crippen molar-refractivity contribution in [1.82, 2.24) is 15.2 Å². The Labute approximate surface area is 201 Å². The monoisotopic (exact) mass is 467 g/mol. The summed E-state index contributed by atoms with van der Waals surface area (Å²) < 4.78 is 11.9. The molecule has 1 unspecified atom stereocenters. The van der Waals surface area contributed by atoms with Crippen molar-refractivity contribution in [1.29, 1.82) is 0 Å². The van der Waals surface area contributed by atoms with Gasteiger partial charge in [-0.2, -0.15) is 0 Å². The second kappa shape index (κ2) is 8.72. The lowest BCUT2D eigenvalue weighted by molar-refractivity contribution is 0.587. The minimum atomic E-state index is -0.240. The van der Waals surface area contributed by atoms with Crippen LogP contribution in [0.1, 0.15) is 35.3 Å². The number of aromatic nitrogens is 3. The van der Waals surface area contributed by atoms with E-state index in [0.29, 0.717) is 33.7 Å². The molecular weight excluding hydrogens is 442 g/mol. The third-order valence-corrected chi connectivity index (χ3v) is 5.94. The first-order valence-electron chi connectivity index (χ1n) is 11.3. The molecule has 0 radical (unpaired) electrons. The van der Waals surface area contributed by atoms with Gasteiger partial charge in [-0.15, -0.1) is 5.10 Å². The minimum absolute atomic E-state index is 0.0300. The first-order valence-corrected chi connectivity index (χ1v) is 11.3. The van der Waals surface area contributed by atoms with Gasteiger partial charge in [0.25, 0.3) is 5.89 Å². The SMILES string of the molecule is Cc1cc(C(C)Nc2ccc(C)nc2-c2nnc(N)o2)c2oc(-c3ccccc3)c(C)c(=O)c2c1. The summed E-state index contributed by atoms with van der Waals surface area (Å²) in [5.41, 5.74) is 11.4. The topological polar surface area (TPSA) is 120 Å². The number of hydrogen-bond donors (Lipinski definition) is 2. The predicted octanol–water partition coefficient (Wildman–Crippen LogP) is 5.59. The fourth-order valence-corrected chi connectivity index (χ4v) is 4.23. The van der Waals surface area contributed by atoms with Crippen LogP contribution in [0.4, 0.5) is 11.7 Å². The number of nitrogens with one attached hydrogen (secondary N) is 1. The average molecular weight is 468 g/mol. The van der Waals surface area contributed by atoms with Crippen LogP contribution >= 0.6 is 0 Å². The normalized spacial score (nSPS) is 12.1. The van der Waals surface area contributed by atoms with E-state index >= 15 is 0 Å². The maximum absolute atomic E-state index is 13.4. The number of hydrogen-bond acceptors (Lipinski definition) is 8. The van der Waals surface area contributed by atoms with Crippen LogP contribution in [0, 0.1) is 20.8 Å². The van der Waals surface area contributed by atoms with Crippen LogP contribution in [-0.4, -0.2) is 15.2 Å². The number of fused-ring (bicyclic) bond motifs is 1. The van der Waals surface area contributed by atoms with Crippen molar-refractivity contribution in [2.24, 2.45) is 0 Å². The molecule has 3 heterocycles. The molecule has 0 aliphatic rings. The Bertz CT molecular complexity index is 1610. The molecule has 0 saturated carbocycles. The molecular formula is C27H25N5O3. The maximum atomic E-state index is 13.4. The van der Waals surface area contributed by atoms with Crippen LogP contribution in [0.15, 0.2) is 68.2 Å². The lowest BCUT2D eigenvalue weighted by atomic mass is 9.98. The smallest absolute Gasteiger partial charge is 0.313 e. The molecule has 3 N–H and O–H groups in total. The Morgan fingerprint density at radius 2 is 1.74 bits per heavy atom. The van der Waals surface area contributed by atoms with Crippen molar-refractivity contribution < 1.29 is 8.83 Å². The summed E-state index contributed by atoms with van der Waals surface area (Å²) in [6, 6.07) is 17.1. The van der Waals surface area contributed by atoms with Gasteiger partial charge in [-0.05, 0) is 51.5 Å². The standard InChI is InChI=1S/C27H25N5O3/c1-14-12-19(17(4)30-21-11-10-15(2)29-22(21)26-31-32-27(28)35-26)25-20(13-14)23(33)16(3)24(34-25)18-8-6-5-7-9-18/h5-13,17,30H,1-4H3,(H2,28,32). The van der Waals surface area contributed by atoms with Gasteiger partial charge in [0.1, 0.15) is 11.3 Å². The first kappa shape index (κ1) is 22.3. The molecule has 176 valence electrons. The Morgan fingerprint density at radius 1 is 0.971 bits per heavy atom. The molecule has 3 aromatic heterocycles. The summed E-state index contributed by atoms with van der Waals surface area (Å²) in [4.78, 5) is 17.9. The first-order chi connectivity index (χ1) is 16.8. The molecule has 0 spiro atoms. The number of benzene rings is 2. The number of rotatable bonds is 5. The summed E-state index contributed by atoms with van der Waals surface area (Å²) in [6.07, 6.45) is 0. The number of nitrogens with zero attached hydrogens (tertiary/aromatic N) is 3. The van der Waals surface area contributed by atoms with Gasteiger partial charge >= 0.3 is 6.01 Å². The van der Waals surface area contributed by atoms with Crippen LogP contribution in [0.2, 0.25) is 0 Å². The molecule has 0 amide bonds. The quantitative estimate of drug-likeness (QED) is 0.343. The van der Waals surface area contributed by atoms with E-state index in [1.54, 1.807) is 6.92 Å². The van der Waals surface area contributed by atoms with E-state index in [4.69, 9.17) is 14.6 Å². The van der Waals surface area contributed by atoms with Gasteiger partial charge in [-0.3, -0.25) is 4.79 Å². The van der Waals surface area contributed by atoms with Gasteiger partial charge in [0, 0.05) is 22.4 Å². The fraction of sp³-hybridized carbons (Fsp3) is 0.185. The largest absolute Gasteiger partial charge is 0.455 e. The van der Waals surface area contributed by atoms with Crippen LogP contribution < -0.4 is 16.5 Å². The van der Waals surface area contributed by atoms with Crippen LogP contribution in [0.25, 0.3) is 33.9 Å². The molecule has 8 nitrogen and oxygen atoms in total. The molecule has 2 aromatic carbocycles. The zero-order chi connectivity index (χ0) is 24.7. The summed E-state index contributed by atoms with van der Waals surface area (Å²) in [5.74, 6) is 0.794. The van der Waals surface area contributed by atoms with Crippen LogP contribution in [0.3, 0.4) is 0 Å². The van der Waals surface area contributed by atoms with Gasteiger partial charge in [0.2, 0.25) is 0 Å². The highest BCUT2D eigenvalue weighted by Crippen LogP contribution is 2.34. The molecule has 0 saturated heterocycles. The summed E-state index contributed by atoms with van der Waals surface area (Å²) >= 11 is 0.